The van der Waals surface area contributed by atoms with E-state index in [9.17, 15) is 0 Å². The highest BCUT2D eigenvalue weighted by atomic mass is 16.5. The molecule has 2 atom stereocenters. The lowest BCUT2D eigenvalue weighted by Gasteiger charge is -2.10. The second-order valence-corrected chi connectivity index (χ2v) is 3.24. The summed E-state index contributed by atoms with van der Waals surface area (Å²) in [5.74, 6) is 0.661. The van der Waals surface area contributed by atoms with Gasteiger partial charge < -0.3 is 15.2 Å². The van der Waals surface area contributed by atoms with Crippen LogP contribution in [-0.2, 0) is 4.74 Å². The number of hydrogen-bond acceptors (Lipinski definition) is 3. The van der Waals surface area contributed by atoms with E-state index in [-0.39, 0.29) is 6.10 Å². The van der Waals surface area contributed by atoms with Gasteiger partial charge in [-0.1, -0.05) is 0 Å². The van der Waals surface area contributed by atoms with E-state index in [1.807, 2.05) is 0 Å². The second-order valence-electron chi connectivity index (χ2n) is 3.24. The molecule has 0 aromatic heterocycles. The van der Waals surface area contributed by atoms with Crippen LogP contribution in [-0.4, -0.2) is 37.5 Å². The zero-order valence-electron chi connectivity index (χ0n) is 7.05. The molecule has 2 unspecified atom stereocenters. The molecule has 1 heterocycles. The molecule has 3 heteroatoms. The molecule has 0 saturated carbocycles. The SMILES string of the molecule is CC(O)CNCC1CCOC1. The van der Waals surface area contributed by atoms with Crippen molar-refractivity contribution >= 4 is 0 Å². The maximum Gasteiger partial charge on any atom is 0.0636 e. The molecule has 1 rings (SSSR count). The van der Waals surface area contributed by atoms with Crippen LogP contribution in [0.3, 0.4) is 0 Å². The summed E-state index contributed by atoms with van der Waals surface area (Å²) < 4.78 is 5.21. The van der Waals surface area contributed by atoms with Crippen LogP contribution >= 0.6 is 0 Å². The highest BCUT2D eigenvalue weighted by molar-refractivity contribution is 4.67. The van der Waals surface area contributed by atoms with Crippen molar-refractivity contribution in [2.45, 2.75) is 19.4 Å². The van der Waals surface area contributed by atoms with Gasteiger partial charge in [0.25, 0.3) is 0 Å². The number of aliphatic hydroxyl groups excluding tert-OH is 1. The van der Waals surface area contributed by atoms with E-state index in [1.165, 1.54) is 0 Å². The fourth-order valence-electron chi connectivity index (χ4n) is 1.24. The molecule has 1 aliphatic rings. The molecule has 1 aliphatic heterocycles. The molecule has 0 aromatic rings. The van der Waals surface area contributed by atoms with Gasteiger partial charge >= 0.3 is 0 Å². The van der Waals surface area contributed by atoms with Crippen molar-refractivity contribution in [1.29, 1.82) is 0 Å². The van der Waals surface area contributed by atoms with Crippen molar-refractivity contribution in [2.24, 2.45) is 5.92 Å². The van der Waals surface area contributed by atoms with Gasteiger partial charge in [-0.3, -0.25) is 0 Å². The van der Waals surface area contributed by atoms with Gasteiger partial charge in [0.1, 0.15) is 0 Å². The average Bonchev–Trinajstić information content (AvgIpc) is 2.39. The van der Waals surface area contributed by atoms with Crippen molar-refractivity contribution in [1.82, 2.24) is 5.32 Å². The van der Waals surface area contributed by atoms with E-state index in [0.29, 0.717) is 12.5 Å². The molecule has 3 nitrogen and oxygen atoms in total. The largest absolute Gasteiger partial charge is 0.392 e. The molecule has 1 saturated heterocycles. The molecule has 0 aromatic carbocycles. The zero-order valence-corrected chi connectivity index (χ0v) is 7.05. The number of nitrogens with one attached hydrogen (secondary N) is 1. The Kier molecular flexibility index (Phi) is 3.83. The minimum Gasteiger partial charge on any atom is -0.392 e. The zero-order chi connectivity index (χ0) is 8.10. The quantitative estimate of drug-likeness (QED) is 0.606. The summed E-state index contributed by atoms with van der Waals surface area (Å²) in [7, 11) is 0. The number of hydrogen-bond donors (Lipinski definition) is 2. The van der Waals surface area contributed by atoms with Crippen LogP contribution < -0.4 is 5.32 Å². The molecule has 0 radical (unpaired) electrons. The van der Waals surface area contributed by atoms with Gasteiger partial charge in [0.15, 0.2) is 0 Å². The standard InChI is InChI=1S/C8H17NO2/c1-7(10)4-9-5-8-2-3-11-6-8/h7-10H,2-6H2,1H3. The van der Waals surface area contributed by atoms with Crippen LogP contribution in [0.15, 0.2) is 0 Å². The van der Waals surface area contributed by atoms with Gasteiger partial charge in [0, 0.05) is 19.7 Å². The van der Waals surface area contributed by atoms with E-state index in [0.717, 1.165) is 26.2 Å². The number of aliphatic hydroxyl groups is 1. The van der Waals surface area contributed by atoms with Crippen molar-refractivity contribution < 1.29 is 9.84 Å². The first-order valence-electron chi connectivity index (χ1n) is 4.25. The molecule has 11 heavy (non-hydrogen) atoms. The Morgan fingerprint density at radius 3 is 3.09 bits per heavy atom. The first kappa shape index (κ1) is 8.97. The molecule has 0 amide bonds. The molecule has 66 valence electrons. The predicted octanol–water partition coefficient (Wildman–Crippen LogP) is -0.00670. The molecule has 2 N–H and O–H groups in total. The van der Waals surface area contributed by atoms with Crippen LogP contribution in [0.5, 0.6) is 0 Å². The number of ether oxygens (including phenoxy) is 1. The maximum atomic E-state index is 8.93. The molecule has 0 spiro atoms. The fourth-order valence-corrected chi connectivity index (χ4v) is 1.24. The molecule has 1 fully saturated rings. The Labute approximate surface area is 67.7 Å². The third-order valence-corrected chi connectivity index (χ3v) is 1.90. The Morgan fingerprint density at radius 2 is 2.55 bits per heavy atom. The number of rotatable bonds is 4. The van der Waals surface area contributed by atoms with Gasteiger partial charge in [-0.25, -0.2) is 0 Å². The Balaban J connectivity index is 1.94. The molecular formula is C8H17NO2. The van der Waals surface area contributed by atoms with Crippen molar-refractivity contribution in [3.8, 4) is 0 Å². The van der Waals surface area contributed by atoms with Gasteiger partial charge in [0.05, 0.1) is 12.7 Å². The van der Waals surface area contributed by atoms with Gasteiger partial charge in [-0.15, -0.1) is 0 Å². The van der Waals surface area contributed by atoms with Crippen LogP contribution in [0.25, 0.3) is 0 Å². The summed E-state index contributed by atoms with van der Waals surface area (Å²) in [6, 6.07) is 0. The van der Waals surface area contributed by atoms with E-state index >= 15 is 0 Å². The monoisotopic (exact) mass is 159 g/mol. The highest BCUT2D eigenvalue weighted by Crippen LogP contribution is 2.10. The van der Waals surface area contributed by atoms with E-state index in [2.05, 4.69) is 5.32 Å². The summed E-state index contributed by atoms with van der Waals surface area (Å²) >= 11 is 0. The van der Waals surface area contributed by atoms with Crippen molar-refractivity contribution in [2.75, 3.05) is 26.3 Å². The van der Waals surface area contributed by atoms with Crippen LogP contribution in [0.2, 0.25) is 0 Å². The van der Waals surface area contributed by atoms with Crippen molar-refractivity contribution in [3.63, 3.8) is 0 Å². The Bertz CT molecular complexity index is 100. The summed E-state index contributed by atoms with van der Waals surface area (Å²) in [5.41, 5.74) is 0. The lowest BCUT2D eigenvalue weighted by atomic mass is 10.1. The first-order valence-corrected chi connectivity index (χ1v) is 4.25. The van der Waals surface area contributed by atoms with Crippen LogP contribution in [0.4, 0.5) is 0 Å². The molecule has 0 aliphatic carbocycles. The summed E-state index contributed by atoms with van der Waals surface area (Å²) in [4.78, 5) is 0. The van der Waals surface area contributed by atoms with E-state index in [4.69, 9.17) is 9.84 Å². The smallest absolute Gasteiger partial charge is 0.0636 e. The highest BCUT2D eigenvalue weighted by Gasteiger charge is 2.14. The lowest BCUT2D eigenvalue weighted by molar-refractivity contribution is 0.176. The van der Waals surface area contributed by atoms with Gasteiger partial charge in [0.2, 0.25) is 0 Å². The summed E-state index contributed by atoms with van der Waals surface area (Å²) in [6.07, 6.45) is 0.921. The van der Waals surface area contributed by atoms with Gasteiger partial charge in [-0.05, 0) is 19.3 Å². The maximum absolute atomic E-state index is 8.93. The minimum absolute atomic E-state index is 0.239. The van der Waals surface area contributed by atoms with E-state index in [1.54, 1.807) is 6.92 Å². The Morgan fingerprint density at radius 1 is 1.73 bits per heavy atom. The topological polar surface area (TPSA) is 41.5 Å². The van der Waals surface area contributed by atoms with Crippen molar-refractivity contribution in [3.05, 3.63) is 0 Å². The van der Waals surface area contributed by atoms with Crippen LogP contribution in [0, 0.1) is 5.92 Å². The normalized spacial score (nSPS) is 27.3. The summed E-state index contributed by atoms with van der Waals surface area (Å²) in [6.45, 7) is 5.24. The van der Waals surface area contributed by atoms with Crippen LogP contribution in [0.1, 0.15) is 13.3 Å². The lowest BCUT2D eigenvalue weighted by Crippen LogP contribution is -2.29. The average molecular weight is 159 g/mol. The van der Waals surface area contributed by atoms with E-state index < -0.39 is 0 Å². The predicted molar refractivity (Wildman–Crippen MR) is 43.5 cm³/mol. The Hall–Kier alpha value is -0.120. The molecular weight excluding hydrogens is 142 g/mol. The second kappa shape index (κ2) is 4.70. The summed E-state index contributed by atoms with van der Waals surface area (Å²) in [5, 5.41) is 12.1. The minimum atomic E-state index is -0.239. The van der Waals surface area contributed by atoms with Gasteiger partial charge in [-0.2, -0.15) is 0 Å². The third-order valence-electron chi connectivity index (χ3n) is 1.90. The molecule has 0 bridgehead atoms. The fraction of sp³-hybridized carbons (Fsp3) is 1.00. The third kappa shape index (κ3) is 3.70. The first-order chi connectivity index (χ1) is 5.29.